The Kier molecular flexibility index (Phi) is 15.5. The molecule has 23 heavy (non-hydrogen) atoms. The summed E-state index contributed by atoms with van der Waals surface area (Å²) < 4.78 is 6.59. The zero-order valence-corrected chi connectivity index (χ0v) is 17.2. The van der Waals surface area contributed by atoms with Crippen LogP contribution in [-0.2, 0) is 4.74 Å². The van der Waals surface area contributed by atoms with Crippen molar-refractivity contribution < 1.29 is 4.74 Å². The molecular formula is C22H46O. The number of rotatable bonds is 16. The first kappa shape index (κ1) is 23.0. The quantitative estimate of drug-likeness (QED) is 0.263. The van der Waals surface area contributed by atoms with E-state index in [2.05, 4.69) is 41.5 Å². The second-order valence-electron chi connectivity index (χ2n) is 8.11. The maximum absolute atomic E-state index is 6.59. The summed E-state index contributed by atoms with van der Waals surface area (Å²) >= 11 is 0. The largest absolute Gasteiger partial charge is 0.374 e. The lowest BCUT2D eigenvalue weighted by atomic mass is 9.96. The van der Waals surface area contributed by atoms with Crippen LogP contribution in [0, 0.1) is 11.8 Å². The highest BCUT2D eigenvalue weighted by Crippen LogP contribution is 2.23. The van der Waals surface area contributed by atoms with Crippen LogP contribution in [0.3, 0.4) is 0 Å². The monoisotopic (exact) mass is 326 g/mol. The Bertz CT molecular complexity index is 210. The first-order valence-electron chi connectivity index (χ1n) is 10.7. The standard InChI is InChI=1S/C22H46O/c1-7-9-11-13-15-17-21(19(3)4)23-22(20(5)6)18-16-14-12-10-8-2/h19-22H,7-18H2,1-6H3. The van der Waals surface area contributed by atoms with Gasteiger partial charge in [-0.1, -0.05) is 106 Å². The Balaban J connectivity index is 4.14. The molecule has 0 heterocycles. The molecule has 0 bridgehead atoms. The topological polar surface area (TPSA) is 9.23 Å². The van der Waals surface area contributed by atoms with E-state index in [1.807, 2.05) is 0 Å². The van der Waals surface area contributed by atoms with Gasteiger partial charge in [0.1, 0.15) is 0 Å². The highest BCUT2D eigenvalue weighted by molar-refractivity contribution is 4.70. The Hall–Kier alpha value is -0.0400. The van der Waals surface area contributed by atoms with Crippen molar-refractivity contribution in [3.8, 4) is 0 Å². The third-order valence-corrected chi connectivity index (χ3v) is 5.02. The molecule has 0 saturated carbocycles. The fraction of sp³-hybridized carbons (Fsp3) is 1.00. The van der Waals surface area contributed by atoms with E-state index >= 15 is 0 Å². The van der Waals surface area contributed by atoms with E-state index in [9.17, 15) is 0 Å². The van der Waals surface area contributed by atoms with Crippen LogP contribution < -0.4 is 0 Å². The average Bonchev–Trinajstić information content (AvgIpc) is 2.51. The first-order chi connectivity index (χ1) is 11.0. The van der Waals surface area contributed by atoms with Crippen LogP contribution in [0.4, 0.5) is 0 Å². The number of hydrogen-bond acceptors (Lipinski definition) is 1. The number of unbranched alkanes of at least 4 members (excludes halogenated alkanes) is 8. The van der Waals surface area contributed by atoms with Gasteiger partial charge in [-0.2, -0.15) is 0 Å². The predicted molar refractivity (Wildman–Crippen MR) is 105 cm³/mol. The molecule has 140 valence electrons. The van der Waals surface area contributed by atoms with Gasteiger partial charge < -0.3 is 4.74 Å². The minimum absolute atomic E-state index is 0.458. The van der Waals surface area contributed by atoms with Gasteiger partial charge in [-0.3, -0.25) is 0 Å². The molecule has 0 aliphatic carbocycles. The molecular weight excluding hydrogens is 280 g/mol. The van der Waals surface area contributed by atoms with E-state index in [0.29, 0.717) is 24.0 Å². The first-order valence-corrected chi connectivity index (χ1v) is 10.7. The van der Waals surface area contributed by atoms with Crippen LogP contribution >= 0.6 is 0 Å². The lowest BCUT2D eigenvalue weighted by Gasteiger charge is -2.30. The zero-order chi connectivity index (χ0) is 17.5. The van der Waals surface area contributed by atoms with Crippen molar-refractivity contribution in [2.24, 2.45) is 11.8 Å². The van der Waals surface area contributed by atoms with Crippen molar-refractivity contribution in [3.05, 3.63) is 0 Å². The van der Waals surface area contributed by atoms with Gasteiger partial charge in [0.25, 0.3) is 0 Å². The summed E-state index contributed by atoms with van der Waals surface area (Å²) in [5.41, 5.74) is 0. The van der Waals surface area contributed by atoms with Gasteiger partial charge in [0, 0.05) is 0 Å². The molecule has 0 saturated heterocycles. The Labute approximate surface area is 148 Å². The summed E-state index contributed by atoms with van der Waals surface area (Å²) in [6.07, 6.45) is 17.1. The van der Waals surface area contributed by atoms with Gasteiger partial charge in [0.05, 0.1) is 12.2 Å². The summed E-state index contributed by atoms with van der Waals surface area (Å²) in [5.74, 6) is 1.28. The third-order valence-electron chi connectivity index (χ3n) is 5.02. The van der Waals surface area contributed by atoms with E-state index < -0.39 is 0 Å². The molecule has 0 radical (unpaired) electrons. The van der Waals surface area contributed by atoms with E-state index in [-0.39, 0.29) is 0 Å². The molecule has 0 fully saturated rings. The summed E-state index contributed by atoms with van der Waals surface area (Å²) in [5, 5.41) is 0. The van der Waals surface area contributed by atoms with Crippen molar-refractivity contribution in [2.75, 3.05) is 0 Å². The van der Waals surface area contributed by atoms with Crippen LogP contribution in [0.5, 0.6) is 0 Å². The molecule has 2 atom stereocenters. The van der Waals surface area contributed by atoms with E-state index in [1.54, 1.807) is 0 Å². The molecule has 0 rings (SSSR count). The Morgan fingerprint density at radius 1 is 0.522 bits per heavy atom. The molecule has 2 unspecified atom stereocenters. The zero-order valence-electron chi connectivity index (χ0n) is 17.2. The molecule has 0 aromatic carbocycles. The van der Waals surface area contributed by atoms with Gasteiger partial charge in [0.15, 0.2) is 0 Å². The fourth-order valence-corrected chi connectivity index (χ4v) is 3.24. The molecule has 0 spiro atoms. The van der Waals surface area contributed by atoms with Crippen molar-refractivity contribution in [3.63, 3.8) is 0 Å². The third kappa shape index (κ3) is 13.0. The molecule has 0 aromatic rings. The maximum Gasteiger partial charge on any atom is 0.0601 e. The van der Waals surface area contributed by atoms with Gasteiger partial charge in [-0.25, -0.2) is 0 Å². The summed E-state index contributed by atoms with van der Waals surface area (Å²) in [4.78, 5) is 0. The molecule has 0 N–H and O–H groups in total. The molecule has 1 nitrogen and oxygen atoms in total. The van der Waals surface area contributed by atoms with Crippen molar-refractivity contribution >= 4 is 0 Å². The van der Waals surface area contributed by atoms with E-state index in [4.69, 9.17) is 4.74 Å². The molecule has 1 heteroatoms. The van der Waals surface area contributed by atoms with Gasteiger partial charge >= 0.3 is 0 Å². The SMILES string of the molecule is CCCCCCCC(OC(CCCCCCC)C(C)C)C(C)C. The lowest BCUT2D eigenvalue weighted by Crippen LogP contribution is -2.30. The van der Waals surface area contributed by atoms with Crippen molar-refractivity contribution in [2.45, 2.75) is 131 Å². The van der Waals surface area contributed by atoms with Gasteiger partial charge in [-0.05, 0) is 24.7 Å². The van der Waals surface area contributed by atoms with Crippen LogP contribution in [-0.4, -0.2) is 12.2 Å². The molecule has 0 amide bonds. The van der Waals surface area contributed by atoms with Crippen molar-refractivity contribution in [1.82, 2.24) is 0 Å². The highest BCUT2D eigenvalue weighted by Gasteiger charge is 2.21. The minimum Gasteiger partial charge on any atom is -0.374 e. The van der Waals surface area contributed by atoms with Crippen LogP contribution in [0.1, 0.15) is 119 Å². The fourth-order valence-electron chi connectivity index (χ4n) is 3.24. The van der Waals surface area contributed by atoms with Crippen LogP contribution in [0.2, 0.25) is 0 Å². The number of ether oxygens (including phenoxy) is 1. The van der Waals surface area contributed by atoms with Crippen LogP contribution in [0.25, 0.3) is 0 Å². The van der Waals surface area contributed by atoms with Crippen LogP contribution in [0.15, 0.2) is 0 Å². The summed E-state index contributed by atoms with van der Waals surface area (Å²) in [6.45, 7) is 13.9. The van der Waals surface area contributed by atoms with Gasteiger partial charge in [0.2, 0.25) is 0 Å². The summed E-state index contributed by atoms with van der Waals surface area (Å²) in [7, 11) is 0. The Morgan fingerprint density at radius 2 is 0.870 bits per heavy atom. The normalized spacial score (nSPS) is 14.6. The van der Waals surface area contributed by atoms with E-state index in [1.165, 1.54) is 77.0 Å². The maximum atomic E-state index is 6.59. The minimum atomic E-state index is 0.458. The van der Waals surface area contributed by atoms with Gasteiger partial charge in [-0.15, -0.1) is 0 Å². The Morgan fingerprint density at radius 3 is 1.17 bits per heavy atom. The molecule has 0 aromatic heterocycles. The second-order valence-corrected chi connectivity index (χ2v) is 8.11. The summed E-state index contributed by atoms with van der Waals surface area (Å²) in [6, 6.07) is 0. The van der Waals surface area contributed by atoms with E-state index in [0.717, 1.165) is 0 Å². The highest BCUT2D eigenvalue weighted by atomic mass is 16.5. The lowest BCUT2D eigenvalue weighted by molar-refractivity contribution is -0.0650. The average molecular weight is 327 g/mol. The predicted octanol–water partition coefficient (Wildman–Crippen LogP) is 7.77. The smallest absolute Gasteiger partial charge is 0.0601 e. The number of hydrogen-bond donors (Lipinski definition) is 0. The molecule has 0 aliphatic rings. The second kappa shape index (κ2) is 15.5. The molecule has 0 aliphatic heterocycles. The van der Waals surface area contributed by atoms with Crippen molar-refractivity contribution in [1.29, 1.82) is 0 Å².